The van der Waals surface area contributed by atoms with E-state index in [-0.39, 0.29) is 11.2 Å². The van der Waals surface area contributed by atoms with Crippen LogP contribution in [0.1, 0.15) is 50.1 Å². The number of piperidine rings is 1. The first-order chi connectivity index (χ1) is 17.5. The highest BCUT2D eigenvalue weighted by molar-refractivity contribution is 6.30. The first-order valence-electron chi connectivity index (χ1n) is 13.1. The molecule has 0 saturated carbocycles. The standard InChI is InChI=1S/C27H35ClFN5O2/c28-21-15-31-26(32-16-21)33-10-5-20(6-11-33)2-1-13-36-22-3-4-23(24(29)14-22)25(17-35)34-12-8-27(19-34)7-9-30-18-27/h3-4,14-17,20,25,30H,1-2,5-13,18-19H2. The van der Waals surface area contributed by atoms with Gasteiger partial charge >= 0.3 is 0 Å². The molecule has 7 nitrogen and oxygen atoms in total. The van der Waals surface area contributed by atoms with Gasteiger partial charge in [0.2, 0.25) is 5.95 Å². The van der Waals surface area contributed by atoms with Gasteiger partial charge in [-0.2, -0.15) is 0 Å². The average molecular weight is 516 g/mol. The van der Waals surface area contributed by atoms with Gasteiger partial charge in [0.1, 0.15) is 17.9 Å². The van der Waals surface area contributed by atoms with Crippen molar-refractivity contribution in [2.24, 2.45) is 11.3 Å². The molecule has 5 rings (SSSR count). The number of benzene rings is 1. The summed E-state index contributed by atoms with van der Waals surface area (Å²) in [5.74, 6) is 1.53. The van der Waals surface area contributed by atoms with Crippen LogP contribution in [0.5, 0.6) is 5.75 Å². The van der Waals surface area contributed by atoms with E-state index >= 15 is 4.39 Å². The maximum absolute atomic E-state index is 15.0. The fourth-order valence-corrected chi connectivity index (χ4v) is 6.09. The molecule has 36 heavy (non-hydrogen) atoms. The molecule has 9 heteroatoms. The van der Waals surface area contributed by atoms with E-state index in [1.807, 2.05) is 0 Å². The van der Waals surface area contributed by atoms with Gasteiger partial charge in [0.05, 0.1) is 30.1 Å². The van der Waals surface area contributed by atoms with Crippen molar-refractivity contribution in [2.45, 2.75) is 44.6 Å². The van der Waals surface area contributed by atoms with Crippen molar-refractivity contribution in [2.75, 3.05) is 50.8 Å². The third kappa shape index (κ3) is 5.82. The molecule has 0 amide bonds. The summed E-state index contributed by atoms with van der Waals surface area (Å²) in [5, 5.41) is 3.98. The van der Waals surface area contributed by atoms with Crippen molar-refractivity contribution in [3.63, 3.8) is 0 Å². The predicted molar refractivity (Wildman–Crippen MR) is 138 cm³/mol. The number of likely N-dealkylation sites (tertiary alicyclic amines) is 1. The van der Waals surface area contributed by atoms with Gasteiger partial charge in [-0.15, -0.1) is 0 Å². The van der Waals surface area contributed by atoms with E-state index in [1.165, 1.54) is 6.07 Å². The Labute approximate surface area is 217 Å². The number of rotatable bonds is 9. The lowest BCUT2D eigenvalue weighted by Crippen LogP contribution is -2.34. The van der Waals surface area contributed by atoms with Crippen molar-refractivity contribution in [1.29, 1.82) is 0 Å². The van der Waals surface area contributed by atoms with E-state index in [4.69, 9.17) is 16.3 Å². The second-order valence-electron chi connectivity index (χ2n) is 10.5. The van der Waals surface area contributed by atoms with Gasteiger partial charge in [-0.1, -0.05) is 17.7 Å². The Kier molecular flexibility index (Phi) is 8.03. The zero-order chi connectivity index (χ0) is 25.0. The van der Waals surface area contributed by atoms with Crippen LogP contribution in [0, 0.1) is 17.2 Å². The quantitative estimate of drug-likeness (QED) is 0.395. The molecule has 3 saturated heterocycles. The second kappa shape index (κ2) is 11.4. The fourth-order valence-electron chi connectivity index (χ4n) is 6.00. The first kappa shape index (κ1) is 25.4. The Hall–Kier alpha value is -2.29. The average Bonchev–Trinajstić information content (AvgIpc) is 3.54. The van der Waals surface area contributed by atoms with E-state index in [0.717, 1.165) is 90.0 Å². The van der Waals surface area contributed by atoms with Crippen molar-refractivity contribution in [3.8, 4) is 5.75 Å². The zero-order valence-corrected chi connectivity index (χ0v) is 21.4. The molecule has 3 fully saturated rings. The third-order valence-corrected chi connectivity index (χ3v) is 8.34. The van der Waals surface area contributed by atoms with Crippen molar-refractivity contribution < 1.29 is 13.9 Å². The highest BCUT2D eigenvalue weighted by Crippen LogP contribution is 2.40. The van der Waals surface area contributed by atoms with Crippen molar-refractivity contribution >= 4 is 23.8 Å². The summed E-state index contributed by atoms with van der Waals surface area (Å²) in [7, 11) is 0. The van der Waals surface area contributed by atoms with Gasteiger partial charge in [0.25, 0.3) is 0 Å². The summed E-state index contributed by atoms with van der Waals surface area (Å²) in [6.07, 6.45) is 10.5. The second-order valence-corrected chi connectivity index (χ2v) is 11.0. The van der Waals surface area contributed by atoms with Gasteiger partial charge in [0.15, 0.2) is 0 Å². The van der Waals surface area contributed by atoms with Crippen LogP contribution >= 0.6 is 11.6 Å². The number of hydrogen-bond acceptors (Lipinski definition) is 7. The highest BCUT2D eigenvalue weighted by atomic mass is 35.5. The minimum absolute atomic E-state index is 0.237. The zero-order valence-electron chi connectivity index (χ0n) is 20.7. The van der Waals surface area contributed by atoms with Crippen LogP contribution in [0.15, 0.2) is 30.6 Å². The van der Waals surface area contributed by atoms with Crippen LogP contribution in [-0.2, 0) is 4.79 Å². The minimum Gasteiger partial charge on any atom is -0.493 e. The molecule has 0 radical (unpaired) electrons. The van der Waals surface area contributed by atoms with E-state index in [1.54, 1.807) is 24.5 Å². The Morgan fingerprint density at radius 1 is 1.22 bits per heavy atom. The molecule has 4 heterocycles. The number of anilines is 1. The summed E-state index contributed by atoms with van der Waals surface area (Å²) in [5.41, 5.74) is 0.679. The maximum Gasteiger partial charge on any atom is 0.225 e. The molecule has 3 aliphatic heterocycles. The van der Waals surface area contributed by atoms with Gasteiger partial charge in [0, 0.05) is 37.8 Å². The number of ether oxygens (including phenoxy) is 1. The fraction of sp³-hybridized carbons (Fsp3) is 0.593. The Balaban J connectivity index is 1.06. The Morgan fingerprint density at radius 3 is 2.72 bits per heavy atom. The van der Waals surface area contributed by atoms with Gasteiger partial charge < -0.3 is 19.7 Å². The molecule has 2 aromatic rings. The van der Waals surface area contributed by atoms with Crippen molar-refractivity contribution in [1.82, 2.24) is 20.2 Å². The molecule has 194 valence electrons. The number of carbonyl (C=O) groups excluding carboxylic acids is 1. The largest absolute Gasteiger partial charge is 0.493 e. The summed E-state index contributed by atoms with van der Waals surface area (Å²) in [4.78, 5) is 24.9. The molecule has 3 aliphatic rings. The monoisotopic (exact) mass is 515 g/mol. The smallest absolute Gasteiger partial charge is 0.225 e. The topological polar surface area (TPSA) is 70.6 Å². The normalized spacial score (nSPS) is 23.9. The van der Waals surface area contributed by atoms with E-state index in [0.29, 0.717) is 28.9 Å². The molecule has 2 unspecified atom stereocenters. The number of aldehydes is 1. The highest BCUT2D eigenvalue weighted by Gasteiger charge is 2.42. The summed E-state index contributed by atoms with van der Waals surface area (Å²) in [6, 6.07) is 4.40. The molecule has 0 aliphatic carbocycles. The lowest BCUT2D eigenvalue weighted by molar-refractivity contribution is -0.112. The van der Waals surface area contributed by atoms with E-state index in [2.05, 4.69) is 25.1 Å². The van der Waals surface area contributed by atoms with Crippen LogP contribution in [0.4, 0.5) is 10.3 Å². The molecule has 1 aromatic carbocycles. The molecule has 1 N–H and O–H groups in total. The summed E-state index contributed by atoms with van der Waals surface area (Å²) < 4.78 is 20.9. The lowest BCUT2D eigenvalue weighted by Gasteiger charge is -2.32. The van der Waals surface area contributed by atoms with Crippen molar-refractivity contribution in [3.05, 3.63) is 47.0 Å². The molecule has 0 bridgehead atoms. The minimum atomic E-state index is -0.539. The number of carbonyl (C=O) groups is 1. The molecular weight excluding hydrogens is 481 g/mol. The number of nitrogens with one attached hydrogen (secondary N) is 1. The lowest BCUT2D eigenvalue weighted by atomic mass is 9.86. The molecule has 2 atom stereocenters. The van der Waals surface area contributed by atoms with Crippen LogP contribution in [-0.4, -0.2) is 67.0 Å². The van der Waals surface area contributed by atoms with Gasteiger partial charge in [-0.25, -0.2) is 14.4 Å². The van der Waals surface area contributed by atoms with Gasteiger partial charge in [-0.3, -0.25) is 4.90 Å². The first-order valence-corrected chi connectivity index (χ1v) is 13.5. The Bertz CT molecular complexity index is 1030. The van der Waals surface area contributed by atoms with E-state index in [9.17, 15) is 4.79 Å². The number of nitrogens with zero attached hydrogens (tertiary/aromatic N) is 4. The SMILES string of the molecule is O=CC(c1ccc(OCCCC2CCN(c3ncc(Cl)cn3)CC2)cc1F)N1CCC2(CCNC2)C1. The summed E-state index contributed by atoms with van der Waals surface area (Å²) in [6.45, 7) is 6.11. The summed E-state index contributed by atoms with van der Waals surface area (Å²) >= 11 is 5.88. The van der Waals surface area contributed by atoms with Gasteiger partial charge in [-0.05, 0) is 69.0 Å². The number of aromatic nitrogens is 2. The third-order valence-electron chi connectivity index (χ3n) is 8.14. The van der Waals surface area contributed by atoms with Crippen LogP contribution in [0.2, 0.25) is 5.02 Å². The maximum atomic E-state index is 15.0. The molecule has 1 spiro atoms. The number of halogens is 2. The molecule has 1 aromatic heterocycles. The van der Waals surface area contributed by atoms with Crippen LogP contribution in [0.25, 0.3) is 0 Å². The van der Waals surface area contributed by atoms with E-state index < -0.39 is 6.04 Å². The molecular formula is C27H35ClFN5O2. The Morgan fingerprint density at radius 2 is 2.03 bits per heavy atom. The number of hydrogen-bond donors (Lipinski definition) is 1. The predicted octanol–water partition coefficient (Wildman–Crippen LogP) is 4.27. The van der Waals surface area contributed by atoms with Crippen LogP contribution in [0.3, 0.4) is 0 Å². The van der Waals surface area contributed by atoms with Crippen LogP contribution < -0.4 is 15.0 Å².